The predicted octanol–water partition coefficient (Wildman–Crippen LogP) is 2.02. The van der Waals surface area contributed by atoms with Gasteiger partial charge in [0.15, 0.2) is 0 Å². The number of pyridine rings is 1. The molecule has 0 atom stereocenters. The van der Waals surface area contributed by atoms with Crippen molar-refractivity contribution in [2.75, 3.05) is 21.1 Å². The maximum absolute atomic E-state index is 9.40. The summed E-state index contributed by atoms with van der Waals surface area (Å²) in [5.74, 6) is 0.283. The molecule has 0 amide bonds. The molecule has 1 N–H and O–H groups in total. The molecule has 0 unspecified atom stereocenters. The fourth-order valence-corrected chi connectivity index (χ4v) is 1.00. The maximum atomic E-state index is 9.40. The highest BCUT2D eigenvalue weighted by atomic mass is 16.3. The summed E-state index contributed by atoms with van der Waals surface area (Å²) in [6.07, 6.45) is 1.70. The summed E-state index contributed by atoms with van der Waals surface area (Å²) in [6, 6.07) is 3.40. The lowest BCUT2D eigenvalue weighted by atomic mass is 10.3. The lowest BCUT2D eigenvalue weighted by Crippen LogP contribution is -2.33. The average Bonchev–Trinajstić information content (AvgIpc) is 2.10. The maximum Gasteiger partial charge on any atom is 0.142 e. The molecular formula is C11H21N2O+. The summed E-state index contributed by atoms with van der Waals surface area (Å²) >= 11 is 0. The Labute approximate surface area is 86.6 Å². The first kappa shape index (κ1) is 12.9. The van der Waals surface area contributed by atoms with Gasteiger partial charge in [0.2, 0.25) is 0 Å². The molecule has 0 aliphatic rings. The van der Waals surface area contributed by atoms with Gasteiger partial charge in [-0.2, -0.15) is 0 Å². The summed E-state index contributed by atoms with van der Waals surface area (Å²) in [7, 11) is 6.19. The molecule has 1 aromatic heterocycles. The van der Waals surface area contributed by atoms with Gasteiger partial charge in [-0.05, 0) is 12.1 Å². The van der Waals surface area contributed by atoms with E-state index < -0.39 is 0 Å². The second kappa shape index (κ2) is 5.60. The van der Waals surface area contributed by atoms with E-state index in [2.05, 4.69) is 26.1 Å². The van der Waals surface area contributed by atoms with Crippen LogP contribution in [0.3, 0.4) is 0 Å². The van der Waals surface area contributed by atoms with Crippen molar-refractivity contribution >= 4 is 0 Å². The highest BCUT2D eigenvalue weighted by Crippen LogP contribution is 2.15. The Morgan fingerprint density at radius 1 is 1.29 bits per heavy atom. The number of hydrogen-bond donors (Lipinski definition) is 1. The van der Waals surface area contributed by atoms with Gasteiger partial charge >= 0.3 is 0 Å². The minimum absolute atomic E-state index is 0.283. The molecule has 0 radical (unpaired) electrons. The van der Waals surface area contributed by atoms with E-state index in [0.717, 1.165) is 16.7 Å². The third kappa shape index (κ3) is 4.82. The highest BCUT2D eigenvalue weighted by Gasteiger charge is 2.12. The van der Waals surface area contributed by atoms with Gasteiger partial charge in [-0.25, -0.2) is 0 Å². The molecule has 1 heterocycles. The normalized spacial score (nSPS) is 10.4. The second-order valence-corrected chi connectivity index (χ2v) is 3.92. The zero-order chi connectivity index (χ0) is 11.2. The van der Waals surface area contributed by atoms with Gasteiger partial charge in [-0.15, -0.1) is 0 Å². The minimum Gasteiger partial charge on any atom is -0.506 e. The first-order chi connectivity index (χ1) is 6.49. The molecule has 0 fully saturated rings. The molecule has 1 rings (SSSR count). The van der Waals surface area contributed by atoms with Crippen LogP contribution in [0.5, 0.6) is 5.75 Å². The number of nitrogens with zero attached hydrogens (tertiary/aromatic N) is 2. The molecule has 14 heavy (non-hydrogen) atoms. The molecule has 3 nitrogen and oxygen atoms in total. The number of hydrogen-bond acceptors (Lipinski definition) is 2. The van der Waals surface area contributed by atoms with Crippen LogP contribution in [-0.2, 0) is 6.54 Å². The van der Waals surface area contributed by atoms with Gasteiger partial charge < -0.3 is 9.59 Å². The van der Waals surface area contributed by atoms with Crippen LogP contribution in [0, 0.1) is 0 Å². The van der Waals surface area contributed by atoms with Crippen LogP contribution in [0.1, 0.15) is 19.5 Å². The quantitative estimate of drug-likeness (QED) is 0.736. The largest absolute Gasteiger partial charge is 0.506 e. The van der Waals surface area contributed by atoms with E-state index in [9.17, 15) is 5.11 Å². The van der Waals surface area contributed by atoms with Gasteiger partial charge in [0.25, 0.3) is 0 Å². The van der Waals surface area contributed by atoms with Crippen molar-refractivity contribution in [3.63, 3.8) is 0 Å². The fraction of sp³-hybridized carbons (Fsp3) is 0.545. The third-order valence-electron chi connectivity index (χ3n) is 1.49. The Balaban J connectivity index is 0.000000791. The Bertz CT molecular complexity index is 266. The summed E-state index contributed by atoms with van der Waals surface area (Å²) in [4.78, 5) is 4.10. The van der Waals surface area contributed by atoms with Crippen molar-refractivity contribution in [1.29, 1.82) is 0 Å². The standard InChI is InChI=1S/C9H14N2O.C2H6/c1-11(2,3)7-8-9(12)5-4-6-10-8;1-2/h4-6H,7H2,1-3H3;1-2H3/p+1. The molecule has 0 spiro atoms. The summed E-state index contributed by atoms with van der Waals surface area (Å²) in [5.41, 5.74) is 0.755. The van der Waals surface area contributed by atoms with E-state index in [0.29, 0.717) is 0 Å². The molecule has 0 aliphatic carbocycles. The van der Waals surface area contributed by atoms with Crippen molar-refractivity contribution in [1.82, 2.24) is 4.98 Å². The van der Waals surface area contributed by atoms with Crippen molar-refractivity contribution in [2.24, 2.45) is 0 Å². The molecule has 1 aromatic rings. The monoisotopic (exact) mass is 197 g/mol. The van der Waals surface area contributed by atoms with Crippen molar-refractivity contribution in [3.8, 4) is 5.75 Å². The van der Waals surface area contributed by atoms with Crippen molar-refractivity contribution < 1.29 is 9.59 Å². The van der Waals surface area contributed by atoms with Gasteiger partial charge in [0, 0.05) is 6.20 Å². The van der Waals surface area contributed by atoms with Gasteiger partial charge in [-0.3, -0.25) is 4.98 Å². The third-order valence-corrected chi connectivity index (χ3v) is 1.49. The SMILES string of the molecule is CC.C[N+](C)(C)Cc1ncccc1O. The predicted molar refractivity (Wildman–Crippen MR) is 59.0 cm³/mol. The highest BCUT2D eigenvalue weighted by molar-refractivity contribution is 5.23. The van der Waals surface area contributed by atoms with Crippen LogP contribution < -0.4 is 0 Å². The number of rotatable bonds is 2. The summed E-state index contributed by atoms with van der Waals surface area (Å²) in [6.45, 7) is 4.74. The van der Waals surface area contributed by atoms with Crippen LogP contribution in [0.25, 0.3) is 0 Å². The number of aromatic nitrogens is 1. The molecule has 0 aromatic carbocycles. The molecule has 0 saturated carbocycles. The first-order valence-corrected chi connectivity index (χ1v) is 4.92. The molecule has 3 heteroatoms. The Morgan fingerprint density at radius 3 is 2.29 bits per heavy atom. The van der Waals surface area contributed by atoms with Gasteiger partial charge in [0.1, 0.15) is 18.0 Å². The molecule has 0 aliphatic heterocycles. The molecule has 0 bridgehead atoms. The van der Waals surface area contributed by atoms with E-state index in [-0.39, 0.29) is 5.75 Å². The Kier molecular flexibility index (Phi) is 5.16. The minimum atomic E-state index is 0.283. The molecular weight excluding hydrogens is 176 g/mol. The van der Waals surface area contributed by atoms with Crippen LogP contribution in [0.15, 0.2) is 18.3 Å². The van der Waals surface area contributed by atoms with Crippen molar-refractivity contribution in [2.45, 2.75) is 20.4 Å². The fourth-order valence-electron chi connectivity index (χ4n) is 1.00. The smallest absolute Gasteiger partial charge is 0.142 e. The number of quaternary nitrogens is 1. The van der Waals surface area contributed by atoms with Gasteiger partial charge in [-0.1, -0.05) is 13.8 Å². The van der Waals surface area contributed by atoms with E-state index in [1.54, 1.807) is 18.3 Å². The topological polar surface area (TPSA) is 33.1 Å². The van der Waals surface area contributed by atoms with E-state index in [1.807, 2.05) is 13.8 Å². The zero-order valence-corrected chi connectivity index (χ0v) is 9.78. The van der Waals surface area contributed by atoms with Crippen LogP contribution in [0.4, 0.5) is 0 Å². The van der Waals surface area contributed by atoms with E-state index in [4.69, 9.17) is 0 Å². The second-order valence-electron chi connectivity index (χ2n) is 3.92. The first-order valence-electron chi connectivity index (χ1n) is 4.92. The van der Waals surface area contributed by atoms with Crippen molar-refractivity contribution in [3.05, 3.63) is 24.0 Å². The Morgan fingerprint density at radius 2 is 1.86 bits per heavy atom. The lowest BCUT2D eigenvalue weighted by molar-refractivity contribution is -0.884. The van der Waals surface area contributed by atoms with Crippen LogP contribution >= 0.6 is 0 Å². The number of aromatic hydroxyl groups is 1. The van der Waals surface area contributed by atoms with E-state index >= 15 is 0 Å². The zero-order valence-electron chi connectivity index (χ0n) is 9.78. The van der Waals surface area contributed by atoms with Crippen LogP contribution in [0.2, 0.25) is 0 Å². The summed E-state index contributed by atoms with van der Waals surface area (Å²) < 4.78 is 0.768. The van der Waals surface area contributed by atoms with Crippen LogP contribution in [-0.4, -0.2) is 35.7 Å². The lowest BCUT2D eigenvalue weighted by Gasteiger charge is -2.23. The summed E-state index contributed by atoms with van der Waals surface area (Å²) in [5, 5.41) is 9.40. The van der Waals surface area contributed by atoms with Gasteiger partial charge in [0.05, 0.1) is 21.1 Å². The Hall–Kier alpha value is -1.09. The van der Waals surface area contributed by atoms with E-state index in [1.165, 1.54) is 0 Å². The molecule has 0 saturated heterocycles. The molecule has 80 valence electrons. The average molecular weight is 197 g/mol.